The lowest BCUT2D eigenvalue weighted by atomic mass is 9.98. The zero-order chi connectivity index (χ0) is 12.8. The molecule has 0 amide bonds. The molecule has 0 saturated heterocycles. The van der Waals surface area contributed by atoms with Gasteiger partial charge in [0.15, 0.2) is 0 Å². The van der Waals surface area contributed by atoms with Crippen LogP contribution in [0.1, 0.15) is 20.3 Å². The highest BCUT2D eigenvalue weighted by atomic mass is 16.3. The number of rotatable bonds is 5. The smallest absolute Gasteiger partial charge is 0.120 e. The molecule has 94 valence electrons. The van der Waals surface area contributed by atoms with Gasteiger partial charge in [-0.15, -0.1) is 0 Å². The number of nitrogens with two attached hydrogens (primary N) is 1. The number of nitroso groups, excluding NO2 is 1. The van der Waals surface area contributed by atoms with Gasteiger partial charge in [-0.1, -0.05) is 25.6 Å². The first-order valence-corrected chi connectivity index (χ1v) is 5.79. The van der Waals surface area contributed by atoms with E-state index in [0.29, 0.717) is 11.8 Å². The molecule has 0 aromatic rings. The Balaban J connectivity index is 2.69. The molecule has 0 aliphatic heterocycles. The summed E-state index contributed by atoms with van der Waals surface area (Å²) in [4.78, 5) is 15.2. The molecule has 0 heterocycles. The third-order valence-electron chi connectivity index (χ3n) is 3.35. The molecule has 1 rings (SSSR count). The van der Waals surface area contributed by atoms with E-state index in [1.807, 2.05) is 6.92 Å². The van der Waals surface area contributed by atoms with E-state index in [0.717, 1.165) is 6.42 Å². The fraction of sp³-hybridized carbons (Fsp3) is 0.583. The zero-order valence-corrected chi connectivity index (χ0v) is 10.3. The van der Waals surface area contributed by atoms with Gasteiger partial charge in [-0.05, 0) is 30.5 Å². The van der Waals surface area contributed by atoms with E-state index in [1.165, 1.54) is 0 Å². The van der Waals surface area contributed by atoms with Gasteiger partial charge in [0.05, 0.1) is 6.04 Å². The molecular weight excluding hydrogens is 216 g/mol. The molecule has 4 unspecified atom stereocenters. The first-order valence-electron chi connectivity index (χ1n) is 5.79. The van der Waals surface area contributed by atoms with E-state index < -0.39 is 0 Å². The van der Waals surface area contributed by atoms with Gasteiger partial charge in [-0.25, -0.2) is 0 Å². The summed E-state index contributed by atoms with van der Waals surface area (Å²) in [5.41, 5.74) is 5.75. The first-order chi connectivity index (χ1) is 8.10. The lowest BCUT2D eigenvalue weighted by Gasteiger charge is -2.12. The van der Waals surface area contributed by atoms with E-state index >= 15 is 0 Å². The molecule has 1 fully saturated rings. The molecule has 0 aromatic heterocycles. The monoisotopic (exact) mass is 236 g/mol. The Morgan fingerprint density at radius 3 is 2.82 bits per heavy atom. The minimum Gasteiger partial charge on any atom is -0.384 e. The maximum atomic E-state index is 10.8. The molecule has 1 aliphatic carbocycles. The summed E-state index contributed by atoms with van der Waals surface area (Å²) in [7, 11) is 0. The maximum absolute atomic E-state index is 10.8. The highest BCUT2D eigenvalue weighted by Gasteiger charge is 2.39. The van der Waals surface area contributed by atoms with Gasteiger partial charge >= 0.3 is 0 Å². The van der Waals surface area contributed by atoms with Crippen molar-refractivity contribution in [3.8, 4) is 0 Å². The first kappa shape index (κ1) is 13.4. The highest BCUT2D eigenvalue weighted by molar-refractivity contribution is 5.91. The molecule has 17 heavy (non-hydrogen) atoms. The highest BCUT2D eigenvalue weighted by Crippen LogP contribution is 2.35. The Labute approximate surface area is 102 Å². The number of hydrogen-bond donors (Lipinski definition) is 2. The Kier molecular flexibility index (Phi) is 4.87. The summed E-state index contributed by atoms with van der Waals surface area (Å²) < 4.78 is 0. The molecule has 0 radical (unpaired) electrons. The average molecular weight is 236 g/mol. The lowest BCUT2D eigenvalue weighted by molar-refractivity contribution is 0.419. The lowest BCUT2D eigenvalue weighted by Crippen LogP contribution is -2.23. The number of aliphatic imine (C=N–C) groups is 1. The standard InChI is InChI=1S/C12H20N4O/c1-4-14-6-5-11(13)15-10-7-8(2)9(3)12(10)16-17/h4-6,8-10,12,14H,1,7H2,2-3H3,(H2,13,15)/b6-5-. The SMILES string of the molecule is C=CN/C=C\C(N)=NC1CC(C)C(C)C1N=O. The predicted molar refractivity (Wildman–Crippen MR) is 70.4 cm³/mol. The number of nitrogens with zero attached hydrogens (tertiary/aromatic N) is 2. The molecule has 5 nitrogen and oxygen atoms in total. The van der Waals surface area contributed by atoms with E-state index in [4.69, 9.17) is 5.73 Å². The van der Waals surface area contributed by atoms with Crippen LogP contribution in [0.3, 0.4) is 0 Å². The summed E-state index contributed by atoms with van der Waals surface area (Å²) in [6.07, 6.45) is 5.70. The van der Waals surface area contributed by atoms with Crippen LogP contribution in [-0.4, -0.2) is 17.9 Å². The van der Waals surface area contributed by atoms with Crippen LogP contribution in [-0.2, 0) is 0 Å². The largest absolute Gasteiger partial charge is 0.384 e. The number of hydrogen-bond acceptors (Lipinski definition) is 4. The Hall–Kier alpha value is -1.65. The fourth-order valence-electron chi connectivity index (χ4n) is 2.15. The minimum atomic E-state index is -0.260. The fourth-order valence-corrected chi connectivity index (χ4v) is 2.15. The Morgan fingerprint density at radius 1 is 1.53 bits per heavy atom. The van der Waals surface area contributed by atoms with Crippen LogP contribution >= 0.6 is 0 Å². The second kappa shape index (κ2) is 6.18. The summed E-state index contributed by atoms with van der Waals surface area (Å²) in [6, 6.07) is -0.352. The van der Waals surface area contributed by atoms with Crippen molar-refractivity contribution in [3.63, 3.8) is 0 Å². The second-order valence-corrected chi connectivity index (χ2v) is 4.49. The Bertz CT molecular complexity index is 337. The van der Waals surface area contributed by atoms with E-state index in [9.17, 15) is 4.91 Å². The van der Waals surface area contributed by atoms with Gasteiger partial charge in [0.2, 0.25) is 0 Å². The van der Waals surface area contributed by atoms with Crippen molar-refractivity contribution in [2.75, 3.05) is 0 Å². The second-order valence-electron chi connectivity index (χ2n) is 4.49. The number of amidine groups is 1. The van der Waals surface area contributed by atoms with Crippen LogP contribution in [0, 0.1) is 16.7 Å². The Morgan fingerprint density at radius 2 is 2.24 bits per heavy atom. The van der Waals surface area contributed by atoms with E-state index in [2.05, 4.69) is 29.0 Å². The van der Waals surface area contributed by atoms with Gasteiger partial charge in [0.25, 0.3) is 0 Å². The summed E-state index contributed by atoms with van der Waals surface area (Å²) in [5, 5.41) is 5.97. The predicted octanol–water partition coefficient (Wildman–Crippen LogP) is 1.77. The normalized spacial score (nSPS) is 33.9. The molecule has 1 aliphatic rings. The maximum Gasteiger partial charge on any atom is 0.120 e. The van der Waals surface area contributed by atoms with Gasteiger partial charge in [0.1, 0.15) is 11.9 Å². The van der Waals surface area contributed by atoms with Crippen molar-refractivity contribution < 1.29 is 0 Å². The van der Waals surface area contributed by atoms with E-state index in [1.54, 1.807) is 18.5 Å². The quantitative estimate of drug-likeness (QED) is 0.433. The van der Waals surface area contributed by atoms with Crippen molar-refractivity contribution in [1.29, 1.82) is 0 Å². The van der Waals surface area contributed by atoms with Crippen molar-refractivity contribution in [2.45, 2.75) is 32.4 Å². The molecule has 3 N–H and O–H groups in total. The van der Waals surface area contributed by atoms with E-state index in [-0.39, 0.29) is 18.0 Å². The molecule has 0 aromatic carbocycles. The minimum absolute atomic E-state index is 0.0918. The van der Waals surface area contributed by atoms with Gasteiger partial charge < -0.3 is 11.1 Å². The van der Waals surface area contributed by atoms with Crippen LogP contribution in [0.25, 0.3) is 0 Å². The van der Waals surface area contributed by atoms with Crippen molar-refractivity contribution in [2.24, 2.45) is 27.7 Å². The summed E-state index contributed by atoms with van der Waals surface area (Å²) in [5.74, 6) is 1.12. The summed E-state index contributed by atoms with van der Waals surface area (Å²) >= 11 is 0. The molecular formula is C12H20N4O. The topological polar surface area (TPSA) is 79.8 Å². The molecule has 0 spiro atoms. The third kappa shape index (κ3) is 3.41. The molecule has 5 heteroatoms. The van der Waals surface area contributed by atoms with Gasteiger partial charge in [-0.3, -0.25) is 4.99 Å². The molecule has 4 atom stereocenters. The number of nitrogens with one attached hydrogen (secondary N) is 1. The van der Waals surface area contributed by atoms with Crippen LogP contribution in [0.5, 0.6) is 0 Å². The van der Waals surface area contributed by atoms with Crippen molar-refractivity contribution in [3.05, 3.63) is 30.0 Å². The van der Waals surface area contributed by atoms with Crippen LogP contribution in [0.4, 0.5) is 0 Å². The summed E-state index contributed by atoms with van der Waals surface area (Å²) in [6.45, 7) is 7.66. The zero-order valence-electron chi connectivity index (χ0n) is 10.3. The van der Waals surface area contributed by atoms with Crippen molar-refractivity contribution >= 4 is 5.84 Å². The third-order valence-corrected chi connectivity index (χ3v) is 3.35. The van der Waals surface area contributed by atoms with Gasteiger partial charge in [0, 0.05) is 6.20 Å². The van der Waals surface area contributed by atoms with Crippen LogP contribution in [0.2, 0.25) is 0 Å². The van der Waals surface area contributed by atoms with Crippen molar-refractivity contribution in [1.82, 2.24) is 5.32 Å². The molecule has 1 saturated carbocycles. The van der Waals surface area contributed by atoms with Crippen LogP contribution < -0.4 is 11.1 Å². The molecule has 0 bridgehead atoms. The van der Waals surface area contributed by atoms with Gasteiger partial charge in [-0.2, -0.15) is 4.91 Å². The van der Waals surface area contributed by atoms with Crippen LogP contribution in [0.15, 0.2) is 35.2 Å². The average Bonchev–Trinajstić information content (AvgIpc) is 2.54.